The van der Waals surface area contributed by atoms with Crippen LogP contribution in [0.4, 0.5) is 0 Å². The fraction of sp³-hybridized carbons (Fsp3) is 0.767. The van der Waals surface area contributed by atoms with Crippen LogP contribution in [0.1, 0.15) is 236 Å². The first kappa shape index (κ1) is 46.1. The van der Waals surface area contributed by atoms with E-state index in [0.29, 0.717) is 19.3 Å². The van der Waals surface area contributed by atoms with Crippen molar-refractivity contribution >= 4 is 23.9 Å². The van der Waals surface area contributed by atoms with Gasteiger partial charge in [-0.25, -0.2) is 19.2 Å². The van der Waals surface area contributed by atoms with Gasteiger partial charge in [0.15, 0.2) is 0 Å². The molecular formula is C43H72O8. The first-order valence-electron chi connectivity index (χ1n) is 20.8. The second kappa shape index (κ2) is 31.8. The van der Waals surface area contributed by atoms with Gasteiger partial charge in [-0.15, -0.1) is 0 Å². The van der Waals surface area contributed by atoms with Crippen LogP contribution in [0.25, 0.3) is 0 Å². The van der Waals surface area contributed by atoms with Crippen molar-refractivity contribution in [3.8, 4) is 0 Å². The molecule has 1 rings (SSSR count). The number of carbonyl (C=O) groups excluding carboxylic acids is 3. The highest BCUT2D eigenvalue weighted by atomic mass is 16.5. The van der Waals surface area contributed by atoms with Crippen molar-refractivity contribution in [2.24, 2.45) is 0 Å². The van der Waals surface area contributed by atoms with E-state index in [1.165, 1.54) is 108 Å². The van der Waals surface area contributed by atoms with E-state index in [1.54, 1.807) is 0 Å². The van der Waals surface area contributed by atoms with Crippen molar-refractivity contribution in [1.29, 1.82) is 0 Å². The second-order valence-corrected chi connectivity index (χ2v) is 14.1. The van der Waals surface area contributed by atoms with E-state index in [1.807, 2.05) is 0 Å². The van der Waals surface area contributed by atoms with E-state index in [-0.39, 0.29) is 30.9 Å². The largest absolute Gasteiger partial charge is 0.478 e. The highest BCUT2D eigenvalue weighted by molar-refractivity contribution is 6.14. The number of aromatic carboxylic acids is 1. The summed E-state index contributed by atoms with van der Waals surface area (Å²) in [5.41, 5.74) is -1.42. The minimum Gasteiger partial charge on any atom is -0.478 e. The summed E-state index contributed by atoms with van der Waals surface area (Å²) in [5.74, 6) is -4.04. The Bertz CT molecular complexity index is 1080. The van der Waals surface area contributed by atoms with E-state index in [0.717, 1.165) is 57.8 Å². The molecule has 0 bridgehead atoms. The van der Waals surface area contributed by atoms with Crippen LogP contribution < -0.4 is 0 Å². The SMILES string of the molecule is CCCCCCCCCCCOC(=O)c1ccc(C(=O)O)c(C(=O)OCCCCCCCCCCC)c1C(=O)OCCCCCCCCCCC. The molecule has 292 valence electrons. The number of benzene rings is 1. The molecule has 1 aromatic rings. The average molecular weight is 717 g/mol. The molecule has 8 heteroatoms. The van der Waals surface area contributed by atoms with Crippen molar-refractivity contribution in [3.63, 3.8) is 0 Å². The molecule has 0 fully saturated rings. The predicted molar refractivity (Wildman–Crippen MR) is 206 cm³/mol. The Morgan fingerprint density at radius 1 is 0.392 bits per heavy atom. The van der Waals surface area contributed by atoms with Crippen LogP contribution in [-0.4, -0.2) is 48.8 Å². The third-order valence-electron chi connectivity index (χ3n) is 9.51. The number of carbonyl (C=O) groups is 4. The van der Waals surface area contributed by atoms with Crippen molar-refractivity contribution < 1.29 is 38.5 Å². The van der Waals surface area contributed by atoms with Gasteiger partial charge in [0.25, 0.3) is 0 Å². The van der Waals surface area contributed by atoms with Crippen LogP contribution >= 0.6 is 0 Å². The molecule has 0 aliphatic rings. The zero-order chi connectivity index (χ0) is 37.4. The van der Waals surface area contributed by atoms with Crippen molar-refractivity contribution in [2.45, 2.75) is 194 Å². The molecule has 0 heterocycles. The van der Waals surface area contributed by atoms with Crippen LogP contribution in [-0.2, 0) is 14.2 Å². The fourth-order valence-electron chi connectivity index (χ4n) is 6.33. The highest BCUT2D eigenvalue weighted by Gasteiger charge is 2.32. The number of unbranched alkanes of at least 4 members (excludes halogenated alkanes) is 24. The summed E-state index contributed by atoms with van der Waals surface area (Å²) in [6.07, 6.45) is 29.7. The smallest absolute Gasteiger partial charge is 0.339 e. The predicted octanol–water partition coefficient (Wildman–Crippen LogP) is 12.4. The van der Waals surface area contributed by atoms with Crippen LogP contribution in [0.5, 0.6) is 0 Å². The highest BCUT2D eigenvalue weighted by Crippen LogP contribution is 2.24. The fourth-order valence-corrected chi connectivity index (χ4v) is 6.33. The van der Waals surface area contributed by atoms with Crippen molar-refractivity contribution in [1.82, 2.24) is 0 Å². The van der Waals surface area contributed by atoms with E-state index in [2.05, 4.69) is 20.8 Å². The Kier molecular flexibility index (Phi) is 28.8. The molecular weight excluding hydrogens is 644 g/mol. The Labute approximate surface area is 310 Å². The first-order valence-corrected chi connectivity index (χ1v) is 20.8. The molecule has 0 aromatic heterocycles. The zero-order valence-electron chi connectivity index (χ0n) is 32.7. The lowest BCUT2D eigenvalue weighted by Crippen LogP contribution is -2.23. The minimum absolute atomic E-state index is 0.0912. The summed E-state index contributed by atoms with van der Waals surface area (Å²) in [6, 6.07) is 2.42. The number of carboxylic acid groups (broad SMARTS) is 1. The summed E-state index contributed by atoms with van der Waals surface area (Å²) < 4.78 is 16.6. The average Bonchev–Trinajstić information content (AvgIpc) is 3.12. The molecule has 0 radical (unpaired) electrons. The number of esters is 3. The van der Waals surface area contributed by atoms with Crippen LogP contribution in [0.2, 0.25) is 0 Å². The maximum Gasteiger partial charge on any atom is 0.339 e. The molecule has 0 unspecified atom stereocenters. The maximum atomic E-state index is 13.6. The quantitative estimate of drug-likeness (QED) is 0.0425. The standard InChI is InChI=1S/C43H72O8/c1-4-7-10-13-16-19-22-25-28-33-49-41(46)37-32-31-36(40(44)45)38(42(47)50-34-29-26-23-20-17-14-11-8-5-2)39(37)43(48)51-35-30-27-24-21-18-15-12-9-6-3/h31-32H,4-30,33-35H2,1-3H3,(H,44,45). The second-order valence-electron chi connectivity index (χ2n) is 14.1. The van der Waals surface area contributed by atoms with Gasteiger partial charge in [-0.2, -0.15) is 0 Å². The molecule has 0 atom stereocenters. The van der Waals surface area contributed by atoms with Crippen LogP contribution in [0.15, 0.2) is 12.1 Å². The number of hydrogen-bond acceptors (Lipinski definition) is 7. The Balaban J connectivity index is 2.90. The number of rotatable bonds is 34. The molecule has 8 nitrogen and oxygen atoms in total. The summed E-state index contributed by atoms with van der Waals surface area (Å²) in [6.45, 7) is 6.97. The van der Waals surface area contributed by atoms with Gasteiger partial charge in [0, 0.05) is 0 Å². The van der Waals surface area contributed by atoms with Gasteiger partial charge in [0.1, 0.15) is 0 Å². The van der Waals surface area contributed by atoms with Crippen LogP contribution in [0.3, 0.4) is 0 Å². The molecule has 0 aliphatic carbocycles. The number of carboxylic acids is 1. The van der Waals surface area contributed by atoms with Crippen LogP contribution in [0, 0.1) is 0 Å². The lowest BCUT2D eigenvalue weighted by Gasteiger charge is -2.16. The molecule has 0 saturated carbocycles. The normalized spacial score (nSPS) is 11.0. The van der Waals surface area contributed by atoms with Gasteiger partial charge in [0.2, 0.25) is 0 Å². The lowest BCUT2D eigenvalue weighted by atomic mass is 9.95. The molecule has 0 spiro atoms. The van der Waals surface area contributed by atoms with Crippen molar-refractivity contribution in [2.75, 3.05) is 19.8 Å². The van der Waals surface area contributed by atoms with Crippen molar-refractivity contribution in [3.05, 3.63) is 34.4 Å². The van der Waals surface area contributed by atoms with E-state index in [4.69, 9.17) is 14.2 Å². The molecule has 1 aromatic carbocycles. The molecule has 0 amide bonds. The van der Waals surface area contributed by atoms with Gasteiger partial charge in [0.05, 0.1) is 42.1 Å². The Morgan fingerprint density at radius 2 is 0.647 bits per heavy atom. The molecule has 1 N–H and O–H groups in total. The monoisotopic (exact) mass is 717 g/mol. The molecule has 51 heavy (non-hydrogen) atoms. The third kappa shape index (κ3) is 21.9. The lowest BCUT2D eigenvalue weighted by molar-refractivity contribution is 0.0426. The van der Waals surface area contributed by atoms with Gasteiger partial charge in [-0.05, 0) is 31.4 Å². The van der Waals surface area contributed by atoms with Gasteiger partial charge in [-0.1, -0.05) is 175 Å². The number of ether oxygens (including phenoxy) is 3. The van der Waals surface area contributed by atoms with Gasteiger partial charge in [-0.3, -0.25) is 0 Å². The topological polar surface area (TPSA) is 116 Å². The summed E-state index contributed by atoms with van der Waals surface area (Å²) >= 11 is 0. The summed E-state index contributed by atoms with van der Waals surface area (Å²) in [5, 5.41) is 9.99. The first-order chi connectivity index (χ1) is 24.9. The third-order valence-corrected chi connectivity index (χ3v) is 9.51. The van der Waals surface area contributed by atoms with Gasteiger partial charge >= 0.3 is 23.9 Å². The minimum atomic E-state index is -1.40. The zero-order valence-corrected chi connectivity index (χ0v) is 32.7. The molecule has 0 aliphatic heterocycles. The van der Waals surface area contributed by atoms with E-state index >= 15 is 0 Å². The summed E-state index contributed by atoms with van der Waals surface area (Å²) in [4.78, 5) is 52.6. The maximum absolute atomic E-state index is 13.6. The Morgan fingerprint density at radius 3 is 0.961 bits per heavy atom. The van der Waals surface area contributed by atoms with E-state index in [9.17, 15) is 24.3 Å². The summed E-state index contributed by atoms with van der Waals surface area (Å²) in [7, 11) is 0. The molecule has 0 saturated heterocycles. The number of hydrogen-bond donors (Lipinski definition) is 1. The van der Waals surface area contributed by atoms with E-state index < -0.39 is 35.0 Å². The Hall–Kier alpha value is -2.90. The van der Waals surface area contributed by atoms with Gasteiger partial charge < -0.3 is 19.3 Å².